The average Bonchev–Trinajstić information content (AvgIpc) is 2.37. The molecule has 1 rings (SSSR count). The maximum Gasteiger partial charge on any atom is 0.319 e. The predicted molar refractivity (Wildman–Crippen MR) is 71.5 cm³/mol. The minimum absolute atomic E-state index is 0.318. The van der Waals surface area contributed by atoms with Gasteiger partial charge >= 0.3 is 6.03 Å². The number of benzene rings is 1. The van der Waals surface area contributed by atoms with E-state index < -0.39 is 0 Å². The van der Waals surface area contributed by atoms with E-state index >= 15 is 0 Å². The van der Waals surface area contributed by atoms with Gasteiger partial charge in [0.1, 0.15) is 5.75 Å². The summed E-state index contributed by atoms with van der Waals surface area (Å²) in [6, 6.07) is 4.73. The third-order valence-electron chi connectivity index (χ3n) is 2.16. The number of hydrogen-bond acceptors (Lipinski definition) is 3. The zero-order valence-electron chi connectivity index (χ0n) is 10.5. The van der Waals surface area contributed by atoms with Gasteiger partial charge < -0.3 is 20.1 Å². The molecule has 0 aliphatic carbocycles. The summed E-state index contributed by atoms with van der Waals surface area (Å²) < 4.78 is 10.1. The van der Waals surface area contributed by atoms with Crippen LogP contribution in [0.15, 0.2) is 18.2 Å². The lowest BCUT2D eigenvalue weighted by molar-refractivity contribution is 0.150. The lowest BCUT2D eigenvalue weighted by Gasteiger charge is -2.10. The molecule has 0 bridgehead atoms. The molecule has 0 spiro atoms. The van der Waals surface area contributed by atoms with E-state index in [1.807, 2.05) is 6.92 Å². The van der Waals surface area contributed by atoms with E-state index in [4.69, 9.17) is 21.1 Å². The predicted octanol–water partition coefficient (Wildman–Crippen LogP) is 2.51. The van der Waals surface area contributed by atoms with Crippen LogP contribution in [0.2, 0.25) is 5.02 Å². The third kappa shape index (κ3) is 4.81. The molecule has 0 unspecified atom stereocenters. The largest absolute Gasteiger partial charge is 0.497 e. The molecular weight excluding hydrogens is 256 g/mol. The summed E-state index contributed by atoms with van der Waals surface area (Å²) in [4.78, 5) is 11.5. The highest BCUT2D eigenvalue weighted by Crippen LogP contribution is 2.26. The molecular formula is C12H17ClN2O3. The van der Waals surface area contributed by atoms with E-state index in [0.717, 1.165) is 0 Å². The van der Waals surface area contributed by atoms with Crippen LogP contribution in [0.4, 0.5) is 10.5 Å². The second-order valence-electron chi connectivity index (χ2n) is 3.42. The van der Waals surface area contributed by atoms with Gasteiger partial charge in [-0.2, -0.15) is 0 Å². The summed E-state index contributed by atoms with van der Waals surface area (Å²) in [7, 11) is 1.55. The van der Waals surface area contributed by atoms with Gasteiger partial charge in [-0.25, -0.2) is 4.79 Å². The van der Waals surface area contributed by atoms with Crippen LogP contribution in [-0.2, 0) is 4.74 Å². The second kappa shape index (κ2) is 7.79. The summed E-state index contributed by atoms with van der Waals surface area (Å²) in [5.41, 5.74) is 0.534. The van der Waals surface area contributed by atoms with E-state index in [-0.39, 0.29) is 6.03 Å². The lowest BCUT2D eigenvalue weighted by Crippen LogP contribution is -2.31. The fourth-order valence-corrected chi connectivity index (χ4v) is 1.49. The van der Waals surface area contributed by atoms with Crippen LogP contribution < -0.4 is 15.4 Å². The fraction of sp³-hybridized carbons (Fsp3) is 0.417. The van der Waals surface area contributed by atoms with Crippen molar-refractivity contribution < 1.29 is 14.3 Å². The summed E-state index contributed by atoms with van der Waals surface area (Å²) in [5, 5.41) is 5.73. The van der Waals surface area contributed by atoms with Crippen LogP contribution in [-0.4, -0.2) is 32.9 Å². The Labute approximate surface area is 111 Å². The number of amides is 2. The number of halogens is 1. The smallest absolute Gasteiger partial charge is 0.319 e. The number of hydrogen-bond donors (Lipinski definition) is 2. The van der Waals surface area contributed by atoms with E-state index in [1.54, 1.807) is 25.3 Å². The first-order chi connectivity index (χ1) is 8.67. The SMILES string of the molecule is CCOCCNC(=O)Nc1ccc(OC)cc1Cl. The number of carbonyl (C=O) groups excluding carboxylic acids is 1. The van der Waals surface area contributed by atoms with E-state index in [2.05, 4.69) is 10.6 Å². The molecule has 18 heavy (non-hydrogen) atoms. The monoisotopic (exact) mass is 272 g/mol. The van der Waals surface area contributed by atoms with Crippen molar-refractivity contribution in [3.8, 4) is 5.75 Å². The second-order valence-corrected chi connectivity index (χ2v) is 3.83. The zero-order valence-corrected chi connectivity index (χ0v) is 11.2. The van der Waals surface area contributed by atoms with Gasteiger partial charge in [0.05, 0.1) is 24.4 Å². The van der Waals surface area contributed by atoms with Gasteiger partial charge in [-0.05, 0) is 19.1 Å². The van der Waals surface area contributed by atoms with Gasteiger partial charge in [-0.1, -0.05) is 11.6 Å². The number of carbonyl (C=O) groups is 1. The molecule has 0 radical (unpaired) electrons. The molecule has 2 N–H and O–H groups in total. The first-order valence-electron chi connectivity index (χ1n) is 5.63. The summed E-state index contributed by atoms with van der Waals surface area (Å²) in [5.74, 6) is 0.641. The number of urea groups is 1. The van der Waals surface area contributed by atoms with Crippen molar-refractivity contribution in [1.82, 2.24) is 5.32 Å². The highest BCUT2D eigenvalue weighted by atomic mass is 35.5. The minimum atomic E-state index is -0.318. The zero-order chi connectivity index (χ0) is 13.4. The van der Waals surface area contributed by atoms with Gasteiger partial charge in [-0.15, -0.1) is 0 Å². The fourth-order valence-electron chi connectivity index (χ4n) is 1.27. The van der Waals surface area contributed by atoms with Crippen molar-refractivity contribution in [3.05, 3.63) is 23.2 Å². The van der Waals surface area contributed by atoms with Crippen LogP contribution in [0.1, 0.15) is 6.92 Å². The maximum absolute atomic E-state index is 11.5. The Balaban J connectivity index is 2.44. The Bertz CT molecular complexity index is 399. The molecule has 0 saturated carbocycles. The average molecular weight is 273 g/mol. The molecule has 0 heterocycles. The van der Waals surface area contributed by atoms with Crippen molar-refractivity contribution in [1.29, 1.82) is 0 Å². The first kappa shape index (κ1) is 14.6. The van der Waals surface area contributed by atoms with Gasteiger partial charge in [-0.3, -0.25) is 0 Å². The number of nitrogens with one attached hydrogen (secondary N) is 2. The molecule has 1 aromatic rings. The maximum atomic E-state index is 11.5. The molecule has 1 aromatic carbocycles. The molecule has 2 amide bonds. The standard InChI is InChI=1S/C12H17ClN2O3/c1-3-18-7-6-14-12(16)15-11-5-4-9(17-2)8-10(11)13/h4-5,8H,3,6-7H2,1-2H3,(H2,14,15,16). The lowest BCUT2D eigenvalue weighted by atomic mass is 10.3. The Hall–Kier alpha value is -1.46. The molecule has 0 aliphatic rings. The third-order valence-corrected chi connectivity index (χ3v) is 2.47. The Kier molecular flexibility index (Phi) is 6.32. The van der Waals surface area contributed by atoms with Crippen LogP contribution in [0.3, 0.4) is 0 Å². The van der Waals surface area contributed by atoms with Gasteiger partial charge in [0.15, 0.2) is 0 Å². The molecule has 0 aliphatic heterocycles. The van der Waals surface area contributed by atoms with Crippen molar-refractivity contribution in [2.24, 2.45) is 0 Å². The van der Waals surface area contributed by atoms with Crippen molar-refractivity contribution in [3.63, 3.8) is 0 Å². The van der Waals surface area contributed by atoms with Gasteiger partial charge in [0.25, 0.3) is 0 Å². The normalized spacial score (nSPS) is 9.94. The summed E-state index contributed by atoms with van der Waals surface area (Å²) in [6.45, 7) is 3.47. The first-order valence-corrected chi connectivity index (χ1v) is 6.01. The molecule has 0 saturated heterocycles. The molecule has 5 nitrogen and oxygen atoms in total. The van der Waals surface area contributed by atoms with Crippen LogP contribution in [0.5, 0.6) is 5.75 Å². The Morgan fingerprint density at radius 2 is 2.22 bits per heavy atom. The number of anilines is 1. The Morgan fingerprint density at radius 1 is 1.44 bits per heavy atom. The van der Waals surface area contributed by atoms with Crippen molar-refractivity contribution >= 4 is 23.3 Å². The molecule has 100 valence electrons. The Morgan fingerprint density at radius 3 is 2.83 bits per heavy atom. The molecule has 0 aromatic heterocycles. The number of rotatable bonds is 6. The highest BCUT2D eigenvalue weighted by Gasteiger charge is 2.06. The molecule has 6 heteroatoms. The minimum Gasteiger partial charge on any atom is -0.497 e. The van der Waals surface area contributed by atoms with Crippen molar-refractivity contribution in [2.75, 3.05) is 32.2 Å². The number of methoxy groups -OCH3 is 1. The highest BCUT2D eigenvalue weighted by molar-refractivity contribution is 6.33. The molecule has 0 atom stereocenters. The van der Waals surface area contributed by atoms with Gasteiger partial charge in [0.2, 0.25) is 0 Å². The van der Waals surface area contributed by atoms with Crippen LogP contribution in [0.25, 0.3) is 0 Å². The topological polar surface area (TPSA) is 59.6 Å². The van der Waals surface area contributed by atoms with Crippen LogP contribution >= 0.6 is 11.6 Å². The van der Waals surface area contributed by atoms with E-state index in [9.17, 15) is 4.79 Å². The number of ether oxygens (including phenoxy) is 2. The quantitative estimate of drug-likeness (QED) is 0.782. The summed E-state index contributed by atoms with van der Waals surface area (Å²) in [6.07, 6.45) is 0. The van der Waals surface area contributed by atoms with Gasteiger partial charge in [0, 0.05) is 19.2 Å². The van der Waals surface area contributed by atoms with E-state index in [0.29, 0.717) is 36.2 Å². The molecule has 0 fully saturated rings. The summed E-state index contributed by atoms with van der Waals surface area (Å²) >= 11 is 5.99. The van der Waals surface area contributed by atoms with Crippen LogP contribution in [0, 0.1) is 0 Å². The van der Waals surface area contributed by atoms with Crippen molar-refractivity contribution in [2.45, 2.75) is 6.92 Å². The van der Waals surface area contributed by atoms with E-state index in [1.165, 1.54) is 0 Å².